The highest BCUT2D eigenvalue weighted by atomic mass is 35.5. The van der Waals surface area contributed by atoms with Crippen molar-refractivity contribution in [2.45, 2.75) is 30.5 Å². The SMILES string of the molecule is CC(C)(C)S(C)(C)c1ccn(-c2ccc(C(=O)O)c(Cl)n2)n1. The molecule has 2 aromatic rings. The van der Waals surface area contributed by atoms with Crippen molar-refractivity contribution in [1.82, 2.24) is 14.8 Å². The number of nitrogens with zero attached hydrogens (tertiary/aromatic N) is 3. The minimum absolute atomic E-state index is 0.0153. The minimum Gasteiger partial charge on any atom is -0.478 e. The maximum atomic E-state index is 11.0. The largest absolute Gasteiger partial charge is 0.478 e. The van der Waals surface area contributed by atoms with Crippen molar-refractivity contribution in [3.8, 4) is 5.82 Å². The monoisotopic (exact) mass is 341 g/mol. The summed E-state index contributed by atoms with van der Waals surface area (Å²) < 4.78 is 1.76. The predicted octanol–water partition coefficient (Wildman–Crippen LogP) is 3.84. The van der Waals surface area contributed by atoms with Gasteiger partial charge >= 0.3 is 5.97 Å². The maximum Gasteiger partial charge on any atom is 0.338 e. The van der Waals surface area contributed by atoms with E-state index in [1.165, 1.54) is 6.07 Å². The highest BCUT2D eigenvalue weighted by Gasteiger charge is 2.31. The summed E-state index contributed by atoms with van der Waals surface area (Å²) >= 11 is 5.92. The fraction of sp³-hybridized carbons (Fsp3) is 0.400. The van der Waals surface area contributed by atoms with Crippen molar-refractivity contribution in [3.05, 3.63) is 35.1 Å². The quantitative estimate of drug-likeness (QED) is 0.861. The summed E-state index contributed by atoms with van der Waals surface area (Å²) in [5, 5.41) is 14.6. The van der Waals surface area contributed by atoms with Crippen molar-refractivity contribution in [2.75, 3.05) is 12.5 Å². The molecule has 0 aromatic carbocycles. The number of pyridine rings is 1. The molecule has 0 saturated carbocycles. The lowest BCUT2D eigenvalue weighted by Gasteiger charge is -2.42. The van der Waals surface area contributed by atoms with Crippen LogP contribution in [0.2, 0.25) is 5.15 Å². The molecule has 0 aliphatic heterocycles. The number of carboxylic acid groups (broad SMARTS) is 1. The highest BCUT2D eigenvalue weighted by molar-refractivity contribution is 8.33. The van der Waals surface area contributed by atoms with Crippen LogP contribution in [-0.2, 0) is 0 Å². The van der Waals surface area contributed by atoms with Crippen LogP contribution >= 0.6 is 21.6 Å². The molecule has 2 heterocycles. The smallest absolute Gasteiger partial charge is 0.338 e. The first-order valence-electron chi connectivity index (χ1n) is 6.73. The Balaban J connectivity index is 2.41. The fourth-order valence-corrected chi connectivity index (χ4v) is 3.28. The van der Waals surface area contributed by atoms with E-state index in [1.807, 2.05) is 12.3 Å². The van der Waals surface area contributed by atoms with Crippen molar-refractivity contribution in [2.24, 2.45) is 0 Å². The summed E-state index contributed by atoms with van der Waals surface area (Å²) in [5.74, 6) is -0.589. The van der Waals surface area contributed by atoms with Crippen molar-refractivity contribution < 1.29 is 9.90 Å². The molecular weight excluding hydrogens is 322 g/mol. The third-order valence-electron chi connectivity index (χ3n) is 3.92. The zero-order valence-corrected chi connectivity index (χ0v) is 14.9. The molecule has 0 unspecified atom stereocenters. The van der Waals surface area contributed by atoms with Crippen LogP contribution in [0.5, 0.6) is 0 Å². The van der Waals surface area contributed by atoms with Crippen molar-refractivity contribution in [3.63, 3.8) is 0 Å². The Morgan fingerprint density at radius 2 is 1.91 bits per heavy atom. The Hall–Kier alpha value is -1.53. The van der Waals surface area contributed by atoms with Gasteiger partial charge in [-0.1, -0.05) is 32.4 Å². The molecule has 0 bridgehead atoms. The second-order valence-corrected chi connectivity index (χ2v) is 11.0. The number of aromatic carboxylic acids is 1. The van der Waals surface area contributed by atoms with Crippen LogP contribution in [0.15, 0.2) is 29.4 Å². The van der Waals surface area contributed by atoms with Gasteiger partial charge in [0.2, 0.25) is 0 Å². The summed E-state index contributed by atoms with van der Waals surface area (Å²) in [6.45, 7) is 6.62. The van der Waals surface area contributed by atoms with E-state index in [9.17, 15) is 4.79 Å². The van der Waals surface area contributed by atoms with Gasteiger partial charge < -0.3 is 5.11 Å². The normalized spacial score (nSPS) is 13.2. The Kier molecular flexibility index (Phi) is 4.28. The zero-order valence-electron chi connectivity index (χ0n) is 13.3. The van der Waals surface area contributed by atoms with Crippen LogP contribution in [0.25, 0.3) is 5.82 Å². The van der Waals surface area contributed by atoms with Gasteiger partial charge in [0.15, 0.2) is 5.82 Å². The lowest BCUT2D eigenvalue weighted by atomic mass is 10.3. The molecule has 0 spiro atoms. The second-order valence-electron chi connectivity index (χ2n) is 6.35. The van der Waals surface area contributed by atoms with Crippen LogP contribution in [0.3, 0.4) is 0 Å². The first kappa shape index (κ1) is 16.8. The van der Waals surface area contributed by atoms with Gasteiger partial charge in [0.1, 0.15) is 10.2 Å². The average Bonchev–Trinajstić information content (AvgIpc) is 2.86. The Bertz CT molecular complexity index is 720. The third-order valence-corrected chi connectivity index (χ3v) is 8.53. The van der Waals surface area contributed by atoms with Gasteiger partial charge in [0.05, 0.1) is 5.56 Å². The Labute approximate surface area is 136 Å². The molecule has 2 aromatic heterocycles. The first-order valence-corrected chi connectivity index (χ1v) is 9.55. The Morgan fingerprint density at radius 3 is 2.41 bits per heavy atom. The lowest BCUT2D eigenvalue weighted by molar-refractivity contribution is 0.0696. The number of carboxylic acids is 1. The first-order chi connectivity index (χ1) is 10.0. The third kappa shape index (κ3) is 2.98. The molecule has 0 aliphatic rings. The molecule has 0 atom stereocenters. The molecule has 0 aliphatic carbocycles. The van der Waals surface area contributed by atoms with Crippen LogP contribution in [0.4, 0.5) is 0 Å². The van der Waals surface area contributed by atoms with E-state index in [0.717, 1.165) is 5.03 Å². The molecule has 2 rings (SSSR count). The number of hydrogen-bond acceptors (Lipinski definition) is 3. The lowest BCUT2D eigenvalue weighted by Crippen LogP contribution is -2.23. The average molecular weight is 342 g/mol. The summed E-state index contributed by atoms with van der Waals surface area (Å²) in [4.78, 5) is 15.1. The van der Waals surface area contributed by atoms with Crippen molar-refractivity contribution >= 4 is 27.6 Å². The number of carbonyl (C=O) groups is 1. The van der Waals surface area contributed by atoms with E-state index in [-0.39, 0.29) is 15.5 Å². The summed E-state index contributed by atoms with van der Waals surface area (Å²) in [6, 6.07) is 5.03. The second kappa shape index (κ2) is 5.59. The van der Waals surface area contributed by atoms with Crippen LogP contribution in [0.1, 0.15) is 31.1 Å². The van der Waals surface area contributed by atoms with E-state index in [1.54, 1.807) is 10.7 Å². The van der Waals surface area contributed by atoms with Crippen LogP contribution < -0.4 is 0 Å². The van der Waals surface area contributed by atoms with Gasteiger partial charge in [-0.2, -0.15) is 15.1 Å². The van der Waals surface area contributed by atoms with Crippen LogP contribution in [-0.4, -0.2) is 43.1 Å². The van der Waals surface area contributed by atoms with E-state index in [4.69, 9.17) is 16.7 Å². The topological polar surface area (TPSA) is 68.0 Å². The molecular formula is C15H20ClN3O2S. The maximum absolute atomic E-state index is 11.0. The van der Waals surface area contributed by atoms with Crippen molar-refractivity contribution in [1.29, 1.82) is 0 Å². The summed E-state index contributed by atoms with van der Waals surface area (Å²) in [6.07, 6.45) is 6.29. The fourth-order valence-electron chi connectivity index (χ4n) is 1.73. The Morgan fingerprint density at radius 1 is 1.27 bits per heavy atom. The van der Waals surface area contributed by atoms with Gasteiger partial charge in [-0.15, -0.1) is 0 Å². The number of rotatable bonds is 3. The van der Waals surface area contributed by atoms with Crippen LogP contribution in [0, 0.1) is 0 Å². The molecule has 0 saturated heterocycles. The van der Waals surface area contributed by atoms with E-state index >= 15 is 0 Å². The molecule has 1 N–H and O–H groups in total. The van der Waals surface area contributed by atoms with Gasteiger partial charge in [0, 0.05) is 6.20 Å². The molecule has 22 heavy (non-hydrogen) atoms. The van der Waals surface area contributed by atoms with Gasteiger partial charge in [-0.25, -0.2) is 14.5 Å². The molecule has 5 nitrogen and oxygen atoms in total. The number of halogens is 1. The van der Waals surface area contributed by atoms with Gasteiger partial charge in [-0.05, 0) is 35.5 Å². The van der Waals surface area contributed by atoms with E-state index in [2.05, 4.69) is 43.4 Å². The molecule has 120 valence electrons. The predicted molar refractivity (Wildman–Crippen MR) is 90.8 cm³/mol. The molecule has 0 radical (unpaired) electrons. The number of aromatic nitrogens is 3. The van der Waals surface area contributed by atoms with Gasteiger partial charge in [0.25, 0.3) is 0 Å². The molecule has 7 heteroatoms. The zero-order chi connectivity index (χ0) is 16.7. The van der Waals surface area contributed by atoms with E-state index < -0.39 is 16.0 Å². The number of hydrogen-bond donors (Lipinski definition) is 1. The standard InChI is InChI=1S/C15H20ClN3O2S/c1-15(2,3)22(4,5)12-8-9-19(18-12)11-7-6-10(14(20)21)13(16)17-11/h6-9H,1-5H3,(H,20,21). The summed E-state index contributed by atoms with van der Waals surface area (Å²) in [7, 11) is -1.08. The summed E-state index contributed by atoms with van der Waals surface area (Å²) in [5.41, 5.74) is -0.0153. The highest BCUT2D eigenvalue weighted by Crippen LogP contribution is 2.58. The van der Waals surface area contributed by atoms with E-state index in [0.29, 0.717) is 5.82 Å². The minimum atomic E-state index is -1.09. The molecule has 0 fully saturated rings. The van der Waals surface area contributed by atoms with Gasteiger partial charge in [-0.3, -0.25) is 0 Å². The molecule has 0 amide bonds.